The molecule has 0 saturated carbocycles. The lowest BCUT2D eigenvalue weighted by Crippen LogP contribution is -2.06. The van der Waals surface area contributed by atoms with E-state index in [-0.39, 0.29) is 10.7 Å². The van der Waals surface area contributed by atoms with Gasteiger partial charge in [0.15, 0.2) is 5.82 Å². The van der Waals surface area contributed by atoms with E-state index in [0.717, 1.165) is 18.4 Å². The number of halogens is 2. The lowest BCUT2D eigenvalue weighted by atomic mass is 10.1. The Hall–Kier alpha value is -1.88. The third-order valence-corrected chi connectivity index (χ3v) is 2.98. The van der Waals surface area contributed by atoms with Crippen LogP contribution < -0.4 is 11.1 Å². The highest BCUT2D eigenvalue weighted by atomic mass is 35.5. The fraction of sp³-hybridized carbons (Fsp3) is 0.231. The van der Waals surface area contributed by atoms with E-state index in [1.165, 1.54) is 12.4 Å². The Morgan fingerprint density at radius 2 is 2.16 bits per heavy atom. The summed E-state index contributed by atoms with van der Waals surface area (Å²) >= 11 is 5.74. The van der Waals surface area contributed by atoms with Crippen molar-refractivity contribution in [3.63, 3.8) is 0 Å². The molecule has 3 N–H and O–H groups in total. The first kappa shape index (κ1) is 13.5. The first-order valence-corrected chi connectivity index (χ1v) is 6.31. The number of aromatic nitrogens is 2. The molecule has 0 aliphatic heterocycles. The number of nitrogens with zero attached hydrogens (tertiary/aromatic N) is 2. The van der Waals surface area contributed by atoms with Crippen molar-refractivity contribution in [3.8, 4) is 0 Å². The van der Waals surface area contributed by atoms with Crippen LogP contribution in [0.4, 0.5) is 21.7 Å². The van der Waals surface area contributed by atoms with Crippen LogP contribution >= 0.6 is 11.6 Å². The number of nitrogens with one attached hydrogen (secondary N) is 1. The Kier molecular flexibility index (Phi) is 4.16. The summed E-state index contributed by atoms with van der Waals surface area (Å²) in [6.45, 7) is 2.02. The van der Waals surface area contributed by atoms with Gasteiger partial charge in [0.2, 0.25) is 0 Å². The predicted octanol–water partition coefficient (Wildman–Crippen LogP) is 3.55. The van der Waals surface area contributed by atoms with Crippen LogP contribution in [-0.4, -0.2) is 9.97 Å². The molecule has 6 heteroatoms. The molecule has 0 amide bonds. The van der Waals surface area contributed by atoms with E-state index < -0.39 is 5.82 Å². The van der Waals surface area contributed by atoms with E-state index in [0.29, 0.717) is 11.6 Å². The van der Waals surface area contributed by atoms with Gasteiger partial charge in [0.1, 0.15) is 18.0 Å². The quantitative estimate of drug-likeness (QED) is 0.899. The maximum absolute atomic E-state index is 13.8. The number of rotatable bonds is 4. The zero-order chi connectivity index (χ0) is 13.8. The van der Waals surface area contributed by atoms with E-state index in [9.17, 15) is 4.39 Å². The predicted molar refractivity (Wildman–Crippen MR) is 75.1 cm³/mol. The molecule has 2 rings (SSSR count). The number of hydrogen-bond acceptors (Lipinski definition) is 4. The second-order valence-corrected chi connectivity index (χ2v) is 4.47. The maximum atomic E-state index is 13.8. The number of nitrogen functional groups attached to an aromatic ring is 1. The summed E-state index contributed by atoms with van der Waals surface area (Å²) in [4.78, 5) is 8.06. The van der Waals surface area contributed by atoms with E-state index in [2.05, 4.69) is 15.3 Å². The normalized spacial score (nSPS) is 10.5. The van der Waals surface area contributed by atoms with E-state index in [4.69, 9.17) is 17.3 Å². The Morgan fingerprint density at radius 1 is 1.37 bits per heavy atom. The summed E-state index contributed by atoms with van der Waals surface area (Å²) in [6.07, 6.45) is 2.96. The molecular weight excluding hydrogens is 267 g/mol. The zero-order valence-electron chi connectivity index (χ0n) is 10.5. The van der Waals surface area contributed by atoms with E-state index in [1.807, 2.05) is 6.92 Å². The van der Waals surface area contributed by atoms with Crippen molar-refractivity contribution >= 4 is 28.9 Å². The first-order valence-electron chi connectivity index (χ1n) is 5.93. The van der Waals surface area contributed by atoms with Gasteiger partial charge in [-0.2, -0.15) is 0 Å². The fourth-order valence-electron chi connectivity index (χ4n) is 1.76. The molecule has 2 aromatic rings. The summed E-state index contributed by atoms with van der Waals surface area (Å²) < 4.78 is 13.8. The van der Waals surface area contributed by atoms with E-state index in [1.54, 1.807) is 12.1 Å². The summed E-state index contributed by atoms with van der Waals surface area (Å²) in [5.41, 5.74) is 6.87. The second kappa shape index (κ2) is 5.84. The molecule has 1 heterocycles. The Balaban J connectivity index is 2.38. The molecule has 0 atom stereocenters. The van der Waals surface area contributed by atoms with Gasteiger partial charge in [-0.05, 0) is 18.6 Å². The molecule has 0 bridgehead atoms. The molecule has 1 aromatic heterocycles. The summed E-state index contributed by atoms with van der Waals surface area (Å²) in [5.74, 6) is 0.404. The minimum atomic E-state index is -0.510. The maximum Gasteiger partial charge on any atom is 0.165 e. The van der Waals surface area contributed by atoms with Crippen LogP contribution in [0.15, 0.2) is 24.5 Å². The molecule has 0 aliphatic carbocycles. The molecule has 0 spiro atoms. The molecular formula is C13H14ClFN4. The van der Waals surface area contributed by atoms with Crippen molar-refractivity contribution in [1.82, 2.24) is 9.97 Å². The average Bonchev–Trinajstić information content (AvgIpc) is 2.39. The lowest BCUT2D eigenvalue weighted by molar-refractivity contribution is 0.632. The first-order chi connectivity index (χ1) is 9.13. The van der Waals surface area contributed by atoms with E-state index >= 15 is 0 Å². The van der Waals surface area contributed by atoms with Crippen molar-refractivity contribution in [1.29, 1.82) is 0 Å². The number of hydrogen-bond donors (Lipinski definition) is 2. The van der Waals surface area contributed by atoms with Gasteiger partial charge in [-0.3, -0.25) is 0 Å². The van der Waals surface area contributed by atoms with Gasteiger partial charge in [0.25, 0.3) is 0 Å². The highest BCUT2D eigenvalue weighted by Gasteiger charge is 2.12. The second-order valence-electron chi connectivity index (χ2n) is 4.06. The van der Waals surface area contributed by atoms with Crippen LogP contribution in [-0.2, 0) is 6.42 Å². The van der Waals surface area contributed by atoms with Gasteiger partial charge in [-0.25, -0.2) is 14.4 Å². The number of anilines is 3. The fourth-order valence-corrected chi connectivity index (χ4v) is 1.93. The molecule has 100 valence electrons. The highest BCUT2D eigenvalue weighted by molar-refractivity contribution is 6.31. The largest absolute Gasteiger partial charge is 0.383 e. The Bertz CT molecular complexity index is 589. The minimum Gasteiger partial charge on any atom is -0.383 e. The third-order valence-electron chi connectivity index (χ3n) is 2.68. The molecule has 0 unspecified atom stereocenters. The van der Waals surface area contributed by atoms with Gasteiger partial charge < -0.3 is 11.1 Å². The van der Waals surface area contributed by atoms with Crippen LogP contribution in [0.5, 0.6) is 0 Å². The van der Waals surface area contributed by atoms with Crippen molar-refractivity contribution < 1.29 is 4.39 Å². The summed E-state index contributed by atoms with van der Waals surface area (Å²) in [7, 11) is 0. The molecule has 0 fully saturated rings. The molecule has 0 radical (unpaired) electrons. The van der Waals surface area contributed by atoms with Crippen LogP contribution in [0.3, 0.4) is 0 Å². The van der Waals surface area contributed by atoms with Crippen molar-refractivity contribution in [2.45, 2.75) is 19.8 Å². The van der Waals surface area contributed by atoms with Crippen molar-refractivity contribution in [2.75, 3.05) is 11.1 Å². The van der Waals surface area contributed by atoms with Crippen molar-refractivity contribution in [2.24, 2.45) is 0 Å². The smallest absolute Gasteiger partial charge is 0.165 e. The summed E-state index contributed by atoms with van der Waals surface area (Å²) in [5, 5.41) is 2.98. The monoisotopic (exact) mass is 280 g/mol. The number of nitrogens with two attached hydrogens (primary N) is 1. The summed E-state index contributed by atoms with van der Waals surface area (Å²) in [6, 6.07) is 4.75. The molecule has 4 nitrogen and oxygen atoms in total. The SMILES string of the molecule is CCCc1c(N)ncnc1Nc1cccc(Cl)c1F. The molecule has 0 aliphatic rings. The van der Waals surface area contributed by atoms with Crippen LogP contribution in [0, 0.1) is 5.82 Å². The lowest BCUT2D eigenvalue weighted by Gasteiger charge is -2.12. The average molecular weight is 281 g/mol. The van der Waals surface area contributed by atoms with Gasteiger partial charge in [0.05, 0.1) is 10.7 Å². The minimum absolute atomic E-state index is 0.0593. The third kappa shape index (κ3) is 2.93. The van der Waals surface area contributed by atoms with Gasteiger partial charge in [-0.15, -0.1) is 0 Å². The highest BCUT2D eigenvalue weighted by Crippen LogP contribution is 2.27. The van der Waals surface area contributed by atoms with Gasteiger partial charge >= 0.3 is 0 Å². The van der Waals surface area contributed by atoms with Gasteiger partial charge in [-0.1, -0.05) is 31.0 Å². The molecule has 0 saturated heterocycles. The number of benzene rings is 1. The van der Waals surface area contributed by atoms with Crippen molar-refractivity contribution in [3.05, 3.63) is 40.9 Å². The van der Waals surface area contributed by atoms with Crippen LogP contribution in [0.1, 0.15) is 18.9 Å². The molecule has 1 aromatic carbocycles. The Labute approximate surface area is 115 Å². The van der Waals surface area contributed by atoms with Crippen LogP contribution in [0.2, 0.25) is 5.02 Å². The Morgan fingerprint density at radius 3 is 2.89 bits per heavy atom. The van der Waals surface area contributed by atoms with Gasteiger partial charge in [0, 0.05) is 5.56 Å². The topological polar surface area (TPSA) is 63.8 Å². The molecule has 19 heavy (non-hydrogen) atoms. The van der Waals surface area contributed by atoms with Crippen LogP contribution in [0.25, 0.3) is 0 Å². The standard InChI is InChI=1S/C13H14ClFN4/c1-2-4-8-12(16)17-7-18-13(8)19-10-6-3-5-9(14)11(10)15/h3,5-7H,2,4H2,1H3,(H3,16,17,18,19). The zero-order valence-corrected chi connectivity index (χ0v) is 11.2.